The zero-order chi connectivity index (χ0) is 24.9. The van der Waals surface area contributed by atoms with Gasteiger partial charge in [0.15, 0.2) is 11.5 Å². The molecule has 0 aliphatic rings. The van der Waals surface area contributed by atoms with E-state index in [1.54, 1.807) is 12.1 Å². The van der Waals surface area contributed by atoms with Gasteiger partial charge in [0.05, 0.1) is 29.5 Å². The maximum atomic E-state index is 12.7. The molecule has 12 heteroatoms. The van der Waals surface area contributed by atoms with Crippen molar-refractivity contribution in [3.63, 3.8) is 0 Å². The molecule has 176 valence electrons. The van der Waals surface area contributed by atoms with Crippen molar-refractivity contribution < 1.29 is 32.2 Å². The number of aryl methyl sites for hydroxylation is 1. The molecule has 3 aromatic rings. The third kappa shape index (κ3) is 5.66. The number of ether oxygens (including phenoxy) is 1. The molecule has 0 saturated carbocycles. The number of hydrogen-bond acceptors (Lipinski definition) is 9. The SMILES string of the molecule is COc1cc(C=NNc2ccc(C(=O)O)cc2)ccc1OS(=O)(=O)c1ccc(C)c([N+](=O)[O-])c1. The van der Waals surface area contributed by atoms with Gasteiger partial charge in [0, 0.05) is 11.6 Å². The largest absolute Gasteiger partial charge is 0.493 e. The number of aromatic carboxylic acids is 1. The third-order valence-corrected chi connectivity index (χ3v) is 5.82. The molecule has 0 bridgehead atoms. The molecule has 34 heavy (non-hydrogen) atoms. The van der Waals surface area contributed by atoms with E-state index in [0.717, 1.165) is 6.07 Å². The summed E-state index contributed by atoms with van der Waals surface area (Å²) < 4.78 is 35.7. The quantitative estimate of drug-likeness (QED) is 0.199. The number of nitro groups is 1. The van der Waals surface area contributed by atoms with E-state index >= 15 is 0 Å². The van der Waals surface area contributed by atoms with Crippen LogP contribution in [0.15, 0.2) is 70.7 Å². The molecule has 0 aliphatic carbocycles. The van der Waals surface area contributed by atoms with Gasteiger partial charge in [-0.25, -0.2) is 4.79 Å². The first-order valence-corrected chi connectivity index (χ1v) is 11.0. The minimum Gasteiger partial charge on any atom is -0.493 e. The topological polar surface area (TPSA) is 157 Å². The Morgan fingerprint density at radius 1 is 1.09 bits per heavy atom. The van der Waals surface area contributed by atoms with Crippen LogP contribution in [0, 0.1) is 17.0 Å². The Morgan fingerprint density at radius 2 is 1.79 bits per heavy atom. The van der Waals surface area contributed by atoms with Crippen LogP contribution in [0.1, 0.15) is 21.5 Å². The highest BCUT2D eigenvalue weighted by molar-refractivity contribution is 7.87. The molecular formula is C22H19N3O8S. The summed E-state index contributed by atoms with van der Waals surface area (Å²) in [5, 5.41) is 24.1. The van der Waals surface area contributed by atoms with Gasteiger partial charge in [0.2, 0.25) is 0 Å². The third-order valence-electron chi connectivity index (χ3n) is 4.59. The van der Waals surface area contributed by atoms with E-state index in [2.05, 4.69) is 10.5 Å². The Balaban J connectivity index is 1.77. The second-order valence-electron chi connectivity index (χ2n) is 6.91. The van der Waals surface area contributed by atoms with Gasteiger partial charge in [-0.1, -0.05) is 6.07 Å². The molecule has 0 fully saturated rings. The number of nitrogens with one attached hydrogen (secondary N) is 1. The van der Waals surface area contributed by atoms with Crippen LogP contribution in [0.4, 0.5) is 11.4 Å². The average Bonchev–Trinajstić information content (AvgIpc) is 2.80. The fourth-order valence-corrected chi connectivity index (χ4v) is 3.77. The predicted molar refractivity (Wildman–Crippen MR) is 123 cm³/mol. The normalized spacial score (nSPS) is 11.2. The van der Waals surface area contributed by atoms with Crippen molar-refractivity contribution in [3.05, 3.63) is 87.5 Å². The number of nitro benzene ring substituents is 1. The number of hydrazone groups is 1. The summed E-state index contributed by atoms with van der Waals surface area (Å²) in [5.41, 5.74) is 3.97. The number of nitrogens with zero attached hydrogens (tertiary/aromatic N) is 2. The monoisotopic (exact) mass is 485 g/mol. The molecule has 0 atom stereocenters. The van der Waals surface area contributed by atoms with E-state index in [1.807, 2.05) is 0 Å². The smallest absolute Gasteiger partial charge is 0.339 e. The average molecular weight is 485 g/mol. The van der Waals surface area contributed by atoms with Gasteiger partial charge in [-0.3, -0.25) is 15.5 Å². The minimum atomic E-state index is -4.37. The lowest BCUT2D eigenvalue weighted by Gasteiger charge is -2.11. The summed E-state index contributed by atoms with van der Waals surface area (Å²) in [6, 6.07) is 13.8. The Hall–Kier alpha value is -4.45. The fraction of sp³-hybridized carbons (Fsp3) is 0.0909. The number of carbonyl (C=O) groups is 1. The molecular weight excluding hydrogens is 466 g/mol. The molecule has 0 radical (unpaired) electrons. The summed E-state index contributed by atoms with van der Waals surface area (Å²) in [7, 11) is -3.04. The molecule has 0 saturated heterocycles. The van der Waals surface area contributed by atoms with Crippen molar-refractivity contribution in [2.24, 2.45) is 5.10 Å². The Labute approximate surface area is 194 Å². The van der Waals surface area contributed by atoms with Gasteiger partial charge in [-0.15, -0.1) is 0 Å². The van der Waals surface area contributed by atoms with Crippen LogP contribution in [0.5, 0.6) is 11.5 Å². The van der Waals surface area contributed by atoms with Crippen LogP contribution in [0.2, 0.25) is 0 Å². The number of hydrogen-bond donors (Lipinski definition) is 2. The molecule has 0 amide bonds. The van der Waals surface area contributed by atoms with Gasteiger partial charge in [0.25, 0.3) is 5.69 Å². The van der Waals surface area contributed by atoms with E-state index < -0.39 is 21.0 Å². The lowest BCUT2D eigenvalue weighted by atomic mass is 10.2. The van der Waals surface area contributed by atoms with Gasteiger partial charge >= 0.3 is 16.1 Å². The van der Waals surface area contributed by atoms with Crippen LogP contribution < -0.4 is 14.3 Å². The summed E-state index contributed by atoms with van der Waals surface area (Å²) in [6.45, 7) is 1.50. The first-order valence-electron chi connectivity index (χ1n) is 9.61. The van der Waals surface area contributed by atoms with Gasteiger partial charge in [0.1, 0.15) is 4.90 Å². The summed E-state index contributed by atoms with van der Waals surface area (Å²) in [5.74, 6) is -1.05. The van der Waals surface area contributed by atoms with Crippen molar-refractivity contribution >= 4 is 33.7 Å². The first-order chi connectivity index (χ1) is 16.1. The summed E-state index contributed by atoms with van der Waals surface area (Å²) >= 11 is 0. The molecule has 11 nitrogen and oxygen atoms in total. The Morgan fingerprint density at radius 3 is 2.41 bits per heavy atom. The molecule has 3 aromatic carbocycles. The van der Waals surface area contributed by atoms with Crippen LogP contribution in [0.25, 0.3) is 0 Å². The van der Waals surface area contributed by atoms with Crippen molar-refractivity contribution in [3.8, 4) is 11.5 Å². The van der Waals surface area contributed by atoms with Gasteiger partial charge in [-0.05, 0) is 61.0 Å². The standard InChI is InChI=1S/C22H19N3O8S/c1-14-3-9-18(12-19(14)25(28)29)34(30,31)33-20-10-4-15(11-21(20)32-2)13-23-24-17-7-5-16(6-8-17)22(26)27/h3-13,24H,1-2H3,(H,26,27). The van der Waals surface area contributed by atoms with Crippen molar-refractivity contribution in [1.82, 2.24) is 0 Å². The second kappa shape index (κ2) is 10.0. The van der Waals surface area contributed by atoms with Gasteiger partial charge < -0.3 is 14.0 Å². The van der Waals surface area contributed by atoms with Crippen molar-refractivity contribution in [2.75, 3.05) is 12.5 Å². The number of benzene rings is 3. The maximum Gasteiger partial charge on any atom is 0.339 e. The Bertz CT molecular complexity index is 1370. The molecule has 3 rings (SSSR count). The van der Waals surface area contributed by atoms with E-state index in [9.17, 15) is 23.3 Å². The molecule has 0 heterocycles. The van der Waals surface area contributed by atoms with E-state index in [4.69, 9.17) is 14.0 Å². The second-order valence-corrected chi connectivity index (χ2v) is 8.45. The first kappa shape index (κ1) is 24.2. The number of rotatable bonds is 9. The maximum absolute atomic E-state index is 12.7. The lowest BCUT2D eigenvalue weighted by molar-refractivity contribution is -0.385. The van der Waals surface area contributed by atoms with Crippen LogP contribution in [0.3, 0.4) is 0 Å². The van der Waals surface area contributed by atoms with Gasteiger partial charge in [-0.2, -0.15) is 13.5 Å². The highest BCUT2D eigenvalue weighted by Gasteiger charge is 2.23. The molecule has 0 spiro atoms. The number of carboxylic acid groups (broad SMARTS) is 1. The van der Waals surface area contributed by atoms with E-state index in [0.29, 0.717) is 16.8 Å². The number of methoxy groups -OCH3 is 1. The van der Waals surface area contributed by atoms with Crippen molar-refractivity contribution in [2.45, 2.75) is 11.8 Å². The molecule has 0 unspecified atom stereocenters. The molecule has 2 N–H and O–H groups in total. The number of anilines is 1. The molecule has 0 aromatic heterocycles. The summed E-state index contributed by atoms with van der Waals surface area (Å²) in [4.78, 5) is 21.0. The highest BCUT2D eigenvalue weighted by Crippen LogP contribution is 2.31. The fourth-order valence-electron chi connectivity index (χ4n) is 2.81. The van der Waals surface area contributed by atoms with E-state index in [1.165, 1.54) is 62.7 Å². The minimum absolute atomic E-state index is 0.0972. The predicted octanol–water partition coefficient (Wildman–Crippen LogP) is 3.82. The zero-order valence-electron chi connectivity index (χ0n) is 18.0. The van der Waals surface area contributed by atoms with Crippen LogP contribution in [-0.2, 0) is 10.1 Å². The molecule has 0 aliphatic heterocycles. The van der Waals surface area contributed by atoms with Crippen LogP contribution >= 0.6 is 0 Å². The number of carboxylic acids is 1. The van der Waals surface area contributed by atoms with Crippen LogP contribution in [-0.4, -0.2) is 37.7 Å². The zero-order valence-corrected chi connectivity index (χ0v) is 18.8. The highest BCUT2D eigenvalue weighted by atomic mass is 32.2. The van der Waals surface area contributed by atoms with Crippen molar-refractivity contribution in [1.29, 1.82) is 0 Å². The Kier molecular flexibility index (Phi) is 7.12. The van der Waals surface area contributed by atoms with E-state index in [-0.39, 0.29) is 27.6 Å². The summed E-state index contributed by atoms with van der Waals surface area (Å²) in [6.07, 6.45) is 1.44. The lowest BCUT2D eigenvalue weighted by Crippen LogP contribution is -2.11.